The number of carbonyl (C=O) groups excluding carboxylic acids is 2. The molecule has 0 atom stereocenters. The van der Waals surface area contributed by atoms with E-state index in [9.17, 15) is 9.59 Å². The highest BCUT2D eigenvalue weighted by Crippen LogP contribution is 2.26. The van der Waals surface area contributed by atoms with Crippen LogP contribution in [0, 0.1) is 11.3 Å². The summed E-state index contributed by atoms with van der Waals surface area (Å²) in [4.78, 5) is 25.1. The van der Waals surface area contributed by atoms with Crippen LogP contribution in [0.3, 0.4) is 0 Å². The van der Waals surface area contributed by atoms with Gasteiger partial charge in [0, 0.05) is 34.4 Å². The van der Waals surface area contributed by atoms with Crippen molar-refractivity contribution in [3.8, 4) is 0 Å². The van der Waals surface area contributed by atoms with Gasteiger partial charge in [0.25, 0.3) is 0 Å². The van der Waals surface area contributed by atoms with Gasteiger partial charge in [-0.25, -0.2) is 0 Å². The third-order valence-corrected chi connectivity index (χ3v) is 6.46. The van der Waals surface area contributed by atoms with Gasteiger partial charge in [0.2, 0.25) is 11.5 Å². The van der Waals surface area contributed by atoms with Crippen LogP contribution in [0.2, 0.25) is 0 Å². The lowest BCUT2D eigenvalue weighted by Crippen LogP contribution is -2.28. The van der Waals surface area contributed by atoms with Crippen LogP contribution in [-0.4, -0.2) is 20.8 Å². The first-order valence-electron chi connectivity index (χ1n) is 10.6. The van der Waals surface area contributed by atoms with Crippen molar-refractivity contribution in [2.45, 2.75) is 67.0 Å². The standard InChI is InChI=1S/C23H32Br2N4O2/c1-6-16(7-2)10-11-28-12-13-29(22(28)27-25)15-20(30)17-8-9-19(18(24)14-17)26-21(31)23(3,4)5/h8-9,12-14,16H,6-7,10-11,15H2,1-5H3,(H,26,31)/b27-22-. The summed E-state index contributed by atoms with van der Waals surface area (Å²) >= 11 is 6.68. The Morgan fingerprint density at radius 2 is 1.77 bits per heavy atom. The zero-order chi connectivity index (χ0) is 23.2. The number of rotatable bonds is 9. The van der Waals surface area contributed by atoms with Crippen molar-refractivity contribution in [3.05, 3.63) is 46.2 Å². The first-order chi connectivity index (χ1) is 14.6. The molecule has 1 aromatic heterocycles. The molecule has 0 saturated carbocycles. The number of amides is 1. The second kappa shape index (κ2) is 11.3. The smallest absolute Gasteiger partial charge is 0.229 e. The van der Waals surface area contributed by atoms with E-state index in [1.54, 1.807) is 18.2 Å². The lowest BCUT2D eigenvalue weighted by atomic mass is 9.95. The number of carbonyl (C=O) groups is 2. The van der Waals surface area contributed by atoms with E-state index in [-0.39, 0.29) is 18.2 Å². The van der Waals surface area contributed by atoms with E-state index < -0.39 is 5.41 Å². The van der Waals surface area contributed by atoms with Crippen molar-refractivity contribution in [1.29, 1.82) is 0 Å². The zero-order valence-corrected chi connectivity index (χ0v) is 22.1. The minimum absolute atomic E-state index is 0.0328. The molecule has 0 fully saturated rings. The first-order valence-corrected chi connectivity index (χ1v) is 12.2. The average molecular weight is 556 g/mol. The summed E-state index contributed by atoms with van der Waals surface area (Å²) in [5.41, 5.74) is 1.43. The van der Waals surface area contributed by atoms with Crippen molar-refractivity contribution in [2.24, 2.45) is 15.4 Å². The number of anilines is 1. The van der Waals surface area contributed by atoms with Gasteiger partial charge in [-0.3, -0.25) is 9.59 Å². The third-order valence-electron chi connectivity index (χ3n) is 5.48. The number of ketones is 1. The fourth-order valence-electron chi connectivity index (χ4n) is 3.22. The molecule has 1 N–H and O–H groups in total. The minimum Gasteiger partial charge on any atom is -0.325 e. The SMILES string of the molecule is CCC(CC)CCn1ccn(CC(=O)c2ccc(NC(=O)C(C)(C)C)c(Br)c2)/c1=N\Br. The summed E-state index contributed by atoms with van der Waals surface area (Å²) in [5.74, 6) is 0.575. The van der Waals surface area contributed by atoms with E-state index in [1.807, 2.05) is 37.7 Å². The Morgan fingerprint density at radius 1 is 1.13 bits per heavy atom. The molecule has 2 aromatic rings. The normalized spacial score (nSPS) is 12.5. The molecule has 170 valence electrons. The molecule has 2 rings (SSSR count). The van der Waals surface area contributed by atoms with Crippen molar-refractivity contribution < 1.29 is 9.59 Å². The predicted molar refractivity (Wildman–Crippen MR) is 132 cm³/mol. The Balaban J connectivity index is 2.13. The van der Waals surface area contributed by atoms with Gasteiger partial charge in [0.15, 0.2) is 5.78 Å². The number of benzene rings is 1. The fraction of sp³-hybridized carbons (Fsp3) is 0.522. The number of nitrogens with zero attached hydrogens (tertiary/aromatic N) is 3. The monoisotopic (exact) mass is 554 g/mol. The number of hydrogen-bond donors (Lipinski definition) is 1. The molecule has 0 radical (unpaired) electrons. The topological polar surface area (TPSA) is 68.4 Å². The summed E-state index contributed by atoms with van der Waals surface area (Å²) in [7, 11) is 0. The lowest BCUT2D eigenvalue weighted by molar-refractivity contribution is -0.123. The van der Waals surface area contributed by atoms with Crippen LogP contribution < -0.4 is 10.9 Å². The second-order valence-electron chi connectivity index (χ2n) is 8.80. The second-order valence-corrected chi connectivity index (χ2v) is 10.0. The fourth-order valence-corrected chi connectivity index (χ4v) is 4.10. The van der Waals surface area contributed by atoms with Crippen molar-refractivity contribution in [2.75, 3.05) is 5.32 Å². The number of halogens is 2. The maximum absolute atomic E-state index is 12.9. The lowest BCUT2D eigenvalue weighted by Gasteiger charge is -2.18. The van der Waals surface area contributed by atoms with Gasteiger partial charge in [-0.1, -0.05) is 47.5 Å². The Hall–Kier alpha value is -1.67. The molecule has 0 spiro atoms. The highest BCUT2D eigenvalue weighted by atomic mass is 79.9. The molecule has 31 heavy (non-hydrogen) atoms. The molecule has 0 unspecified atom stereocenters. The van der Waals surface area contributed by atoms with Crippen LogP contribution in [0.4, 0.5) is 5.69 Å². The van der Waals surface area contributed by atoms with Crippen LogP contribution in [0.25, 0.3) is 0 Å². The van der Waals surface area contributed by atoms with E-state index in [2.05, 4.69) is 59.8 Å². The molecule has 1 amide bonds. The summed E-state index contributed by atoms with van der Waals surface area (Å²) in [5, 5.41) is 2.89. The third kappa shape index (κ3) is 6.91. The van der Waals surface area contributed by atoms with Crippen LogP contribution >= 0.6 is 32.1 Å². The summed E-state index contributed by atoms with van der Waals surface area (Å²) in [6.45, 7) is 11.1. The number of aryl methyl sites for hydroxylation is 1. The molecule has 0 bridgehead atoms. The molecule has 8 heteroatoms. The van der Waals surface area contributed by atoms with Crippen LogP contribution in [-0.2, 0) is 17.9 Å². The Bertz CT molecular complexity index is 982. The van der Waals surface area contributed by atoms with Gasteiger partial charge in [-0.2, -0.15) is 4.02 Å². The van der Waals surface area contributed by atoms with Gasteiger partial charge in [0.05, 0.1) is 28.4 Å². The van der Waals surface area contributed by atoms with Crippen LogP contribution in [0.15, 0.2) is 39.1 Å². The first kappa shape index (κ1) is 25.6. The van der Waals surface area contributed by atoms with Crippen LogP contribution in [0.1, 0.15) is 64.2 Å². The maximum atomic E-state index is 12.9. The van der Waals surface area contributed by atoms with Crippen LogP contribution in [0.5, 0.6) is 0 Å². The average Bonchev–Trinajstić information content (AvgIpc) is 3.10. The molecule has 6 nitrogen and oxygen atoms in total. The molecular weight excluding hydrogens is 524 g/mol. The summed E-state index contributed by atoms with van der Waals surface area (Å²) < 4.78 is 8.81. The van der Waals surface area contributed by atoms with E-state index in [1.165, 1.54) is 0 Å². The highest BCUT2D eigenvalue weighted by molar-refractivity contribution is 9.10. The minimum atomic E-state index is -0.498. The summed E-state index contributed by atoms with van der Waals surface area (Å²) in [6.07, 6.45) is 7.27. The number of aromatic nitrogens is 2. The van der Waals surface area contributed by atoms with Crippen molar-refractivity contribution in [1.82, 2.24) is 9.13 Å². The number of nitrogens with one attached hydrogen (secondary N) is 1. The molecule has 0 aliphatic rings. The van der Waals surface area contributed by atoms with E-state index >= 15 is 0 Å². The van der Waals surface area contributed by atoms with Gasteiger partial charge < -0.3 is 14.5 Å². The molecule has 0 aliphatic heterocycles. The number of hydrogen-bond acceptors (Lipinski definition) is 3. The summed E-state index contributed by atoms with van der Waals surface area (Å²) in [6, 6.07) is 5.24. The van der Waals surface area contributed by atoms with Gasteiger partial charge in [-0.05, 0) is 46.5 Å². The molecule has 1 aromatic carbocycles. The highest BCUT2D eigenvalue weighted by Gasteiger charge is 2.22. The molecule has 0 aliphatic carbocycles. The molecule has 1 heterocycles. The van der Waals surface area contributed by atoms with Gasteiger partial charge in [-0.15, -0.1) is 0 Å². The molecule has 0 saturated heterocycles. The number of Topliss-reactive ketones (excluding diaryl/α,β-unsaturated/α-hetero) is 1. The quantitative estimate of drug-likeness (QED) is 0.388. The van der Waals surface area contributed by atoms with Gasteiger partial charge >= 0.3 is 0 Å². The predicted octanol–water partition coefficient (Wildman–Crippen LogP) is 5.96. The molecular formula is C23H32Br2N4O2. The van der Waals surface area contributed by atoms with Gasteiger partial charge in [0.1, 0.15) is 0 Å². The number of imidazole rings is 1. The van der Waals surface area contributed by atoms with E-state index in [0.717, 1.165) is 25.8 Å². The zero-order valence-electron chi connectivity index (χ0n) is 18.9. The van der Waals surface area contributed by atoms with Crippen molar-refractivity contribution in [3.63, 3.8) is 0 Å². The Kier molecular flexibility index (Phi) is 9.30. The Labute approximate surface area is 201 Å². The maximum Gasteiger partial charge on any atom is 0.229 e. The van der Waals surface area contributed by atoms with E-state index in [0.29, 0.717) is 27.3 Å². The Morgan fingerprint density at radius 3 is 2.32 bits per heavy atom. The van der Waals surface area contributed by atoms with E-state index in [4.69, 9.17) is 0 Å². The van der Waals surface area contributed by atoms with Crippen molar-refractivity contribution >= 4 is 49.5 Å². The largest absolute Gasteiger partial charge is 0.325 e.